The standard InChI is InChI=1S/C28H32ClFN4O4S/c1-18-14-32(17-31-18)25-7-6-20(12-26(25)38-3)24-15-33(39(4,36)37)16-28(24)8-5-9-34(27(28)35)19(2)21-10-22(29)13-23(30)11-21/h6-7,10-14,17,19,24H,5,8-9,15-16H2,1-4H3/t19-,24?,28?/m0/s1. The summed E-state index contributed by atoms with van der Waals surface area (Å²) >= 11 is 6.12. The average molecular weight is 575 g/mol. The van der Waals surface area contributed by atoms with Gasteiger partial charge in [0.1, 0.15) is 11.6 Å². The second-order valence-electron chi connectivity index (χ2n) is 10.6. The first-order valence-electron chi connectivity index (χ1n) is 12.8. The summed E-state index contributed by atoms with van der Waals surface area (Å²) in [4.78, 5) is 20.4. The molecule has 1 spiro atoms. The average Bonchev–Trinajstić information content (AvgIpc) is 3.49. The lowest BCUT2D eigenvalue weighted by atomic mass is 9.68. The first-order valence-corrected chi connectivity index (χ1v) is 15.1. The van der Waals surface area contributed by atoms with Gasteiger partial charge in [0.15, 0.2) is 0 Å². The number of hydrogen-bond donors (Lipinski definition) is 0. The summed E-state index contributed by atoms with van der Waals surface area (Å²) in [5.41, 5.74) is 2.12. The molecule has 3 atom stereocenters. The number of benzene rings is 2. The van der Waals surface area contributed by atoms with Gasteiger partial charge in [0.05, 0.1) is 42.5 Å². The van der Waals surface area contributed by atoms with Crippen molar-refractivity contribution in [3.63, 3.8) is 0 Å². The van der Waals surface area contributed by atoms with Gasteiger partial charge in [-0.1, -0.05) is 17.7 Å². The molecule has 1 aromatic heterocycles. The van der Waals surface area contributed by atoms with E-state index in [4.69, 9.17) is 16.3 Å². The normalized spacial score (nSPS) is 23.0. The fourth-order valence-corrected chi connectivity index (χ4v) is 7.23. The molecule has 3 heterocycles. The van der Waals surface area contributed by atoms with Crippen LogP contribution in [0, 0.1) is 18.2 Å². The number of methoxy groups -OCH3 is 1. The third-order valence-corrected chi connectivity index (χ3v) is 9.55. The van der Waals surface area contributed by atoms with Crippen molar-refractivity contribution in [3.8, 4) is 11.4 Å². The Kier molecular flexibility index (Phi) is 7.24. The molecule has 2 aliphatic rings. The Morgan fingerprint density at radius 2 is 2.00 bits per heavy atom. The summed E-state index contributed by atoms with van der Waals surface area (Å²) in [6.07, 6.45) is 6.01. The van der Waals surface area contributed by atoms with E-state index in [1.165, 1.54) is 22.7 Å². The second-order valence-corrected chi connectivity index (χ2v) is 13.0. The van der Waals surface area contributed by atoms with E-state index in [-0.39, 0.29) is 24.0 Å². The number of nitrogens with zero attached hydrogens (tertiary/aromatic N) is 4. The maximum atomic E-state index is 14.4. The number of imidazole rings is 1. The maximum Gasteiger partial charge on any atom is 0.231 e. The van der Waals surface area contributed by atoms with Crippen LogP contribution in [-0.4, -0.2) is 66.1 Å². The molecule has 2 aliphatic heterocycles. The van der Waals surface area contributed by atoms with Crippen molar-refractivity contribution in [3.05, 3.63) is 76.6 Å². The molecule has 2 fully saturated rings. The third kappa shape index (κ3) is 5.05. The number of halogens is 2. The molecule has 5 rings (SSSR count). The van der Waals surface area contributed by atoms with E-state index >= 15 is 0 Å². The highest BCUT2D eigenvalue weighted by Gasteiger charge is 2.57. The van der Waals surface area contributed by atoms with Gasteiger partial charge >= 0.3 is 0 Å². The maximum absolute atomic E-state index is 14.4. The van der Waals surface area contributed by atoms with Crippen LogP contribution in [-0.2, 0) is 14.8 Å². The van der Waals surface area contributed by atoms with Gasteiger partial charge in [0.25, 0.3) is 0 Å². The Labute approximate surface area is 233 Å². The van der Waals surface area contributed by atoms with Crippen molar-refractivity contribution in [2.24, 2.45) is 5.41 Å². The van der Waals surface area contributed by atoms with Gasteiger partial charge in [0, 0.05) is 36.8 Å². The smallest absolute Gasteiger partial charge is 0.231 e. The predicted octanol–water partition coefficient (Wildman–Crippen LogP) is 4.71. The van der Waals surface area contributed by atoms with Crippen molar-refractivity contribution < 1.29 is 22.3 Å². The Bertz CT molecular complexity index is 1510. The van der Waals surface area contributed by atoms with Crippen LogP contribution < -0.4 is 4.74 Å². The van der Waals surface area contributed by atoms with Crippen LogP contribution in [0.1, 0.15) is 48.5 Å². The highest BCUT2D eigenvalue weighted by molar-refractivity contribution is 7.88. The van der Waals surface area contributed by atoms with Crippen LogP contribution >= 0.6 is 11.6 Å². The van der Waals surface area contributed by atoms with Gasteiger partial charge in [-0.05, 0) is 68.1 Å². The minimum Gasteiger partial charge on any atom is -0.495 e. The number of rotatable bonds is 6. The lowest BCUT2D eigenvalue weighted by Gasteiger charge is -2.45. The number of aromatic nitrogens is 2. The van der Waals surface area contributed by atoms with Crippen molar-refractivity contribution in [2.75, 3.05) is 33.0 Å². The number of carbonyl (C=O) groups excluding carboxylic acids is 1. The molecule has 0 bridgehead atoms. The van der Waals surface area contributed by atoms with E-state index < -0.39 is 33.2 Å². The fourth-order valence-electron chi connectivity index (χ4n) is 6.12. The molecule has 39 heavy (non-hydrogen) atoms. The minimum atomic E-state index is -3.56. The van der Waals surface area contributed by atoms with Gasteiger partial charge in [0.2, 0.25) is 15.9 Å². The zero-order valence-electron chi connectivity index (χ0n) is 22.4. The molecule has 0 N–H and O–H groups in total. The lowest BCUT2D eigenvalue weighted by molar-refractivity contribution is -0.149. The molecule has 8 nitrogen and oxygen atoms in total. The van der Waals surface area contributed by atoms with E-state index in [1.807, 2.05) is 42.8 Å². The monoisotopic (exact) mass is 574 g/mol. The van der Waals surface area contributed by atoms with Crippen LogP contribution in [0.2, 0.25) is 5.02 Å². The number of piperidine rings is 1. The number of aryl methyl sites for hydroxylation is 1. The third-order valence-electron chi connectivity index (χ3n) is 8.12. The SMILES string of the molecule is COc1cc(C2CN(S(C)(=O)=O)CC23CCCN([C@@H](C)c2cc(F)cc(Cl)c2)C3=O)ccc1-n1cnc(C)c1. The number of hydrogen-bond acceptors (Lipinski definition) is 5. The molecular weight excluding hydrogens is 543 g/mol. The van der Waals surface area contributed by atoms with Gasteiger partial charge in [-0.25, -0.2) is 22.1 Å². The molecule has 208 valence electrons. The largest absolute Gasteiger partial charge is 0.495 e. The topological polar surface area (TPSA) is 84.7 Å². The Hall–Kier alpha value is -2.95. The molecule has 0 saturated carbocycles. The molecule has 0 aliphatic carbocycles. The summed E-state index contributed by atoms with van der Waals surface area (Å²) in [6, 6.07) is 9.60. The molecule has 2 saturated heterocycles. The molecular formula is C28H32ClFN4O4S. The first kappa shape index (κ1) is 27.6. The van der Waals surface area contributed by atoms with E-state index in [0.717, 1.165) is 16.9 Å². The van der Waals surface area contributed by atoms with Crippen LogP contribution in [0.4, 0.5) is 4.39 Å². The molecule has 1 amide bonds. The van der Waals surface area contributed by atoms with E-state index in [0.29, 0.717) is 30.7 Å². The summed E-state index contributed by atoms with van der Waals surface area (Å²) in [5, 5.41) is 0.262. The zero-order chi connectivity index (χ0) is 28.1. The van der Waals surface area contributed by atoms with Gasteiger partial charge in [-0.3, -0.25) is 4.79 Å². The van der Waals surface area contributed by atoms with E-state index in [9.17, 15) is 17.6 Å². The number of carbonyl (C=O) groups is 1. The van der Waals surface area contributed by atoms with Crippen molar-refractivity contribution >= 4 is 27.5 Å². The lowest BCUT2D eigenvalue weighted by Crippen LogP contribution is -2.53. The minimum absolute atomic E-state index is 0.0905. The van der Waals surface area contributed by atoms with Crippen molar-refractivity contribution in [2.45, 2.75) is 38.6 Å². The second kappa shape index (κ2) is 10.2. The molecule has 0 radical (unpaired) electrons. The quantitative estimate of drug-likeness (QED) is 0.426. The Morgan fingerprint density at radius 1 is 1.23 bits per heavy atom. The van der Waals surface area contributed by atoms with Crippen LogP contribution in [0.15, 0.2) is 48.9 Å². The van der Waals surface area contributed by atoms with E-state index in [2.05, 4.69) is 4.98 Å². The number of sulfonamides is 1. The summed E-state index contributed by atoms with van der Waals surface area (Å²) < 4.78 is 48.6. The highest BCUT2D eigenvalue weighted by atomic mass is 35.5. The molecule has 11 heteroatoms. The Balaban J connectivity index is 1.56. The zero-order valence-corrected chi connectivity index (χ0v) is 24.0. The van der Waals surface area contributed by atoms with Crippen molar-refractivity contribution in [1.29, 1.82) is 0 Å². The fraction of sp³-hybridized carbons (Fsp3) is 0.429. The Morgan fingerprint density at radius 3 is 2.64 bits per heavy atom. The number of likely N-dealkylation sites (tertiary alicyclic amines) is 1. The first-order chi connectivity index (χ1) is 18.4. The highest BCUT2D eigenvalue weighted by Crippen LogP contribution is 2.52. The molecule has 2 unspecified atom stereocenters. The summed E-state index contributed by atoms with van der Waals surface area (Å²) in [6.45, 7) is 4.52. The molecule has 3 aromatic rings. The molecule has 2 aromatic carbocycles. The summed E-state index contributed by atoms with van der Waals surface area (Å²) in [5.74, 6) is -0.393. The van der Waals surface area contributed by atoms with Gasteiger partial charge in [-0.2, -0.15) is 0 Å². The van der Waals surface area contributed by atoms with Crippen LogP contribution in [0.5, 0.6) is 5.75 Å². The van der Waals surface area contributed by atoms with Crippen LogP contribution in [0.25, 0.3) is 5.69 Å². The summed E-state index contributed by atoms with van der Waals surface area (Å²) in [7, 11) is -1.97. The van der Waals surface area contributed by atoms with E-state index in [1.54, 1.807) is 24.4 Å². The van der Waals surface area contributed by atoms with Crippen molar-refractivity contribution in [1.82, 2.24) is 18.8 Å². The predicted molar refractivity (Wildman–Crippen MR) is 147 cm³/mol. The van der Waals surface area contributed by atoms with Gasteiger partial charge < -0.3 is 14.2 Å². The van der Waals surface area contributed by atoms with Crippen LogP contribution in [0.3, 0.4) is 0 Å². The number of amides is 1. The number of ether oxygens (including phenoxy) is 1. The van der Waals surface area contributed by atoms with Gasteiger partial charge in [-0.15, -0.1) is 0 Å².